The summed E-state index contributed by atoms with van der Waals surface area (Å²) in [5.74, 6) is 0.671. The molecular weight excluding hydrogens is 288 g/mol. The molecule has 1 N–H and O–H groups in total. The summed E-state index contributed by atoms with van der Waals surface area (Å²) in [6.07, 6.45) is 3.05. The second kappa shape index (κ2) is 8.34. The SMILES string of the molecule is CC(C)(C)NC(=O)OCCC1CCN(Cc2ccccc2)CC1. The Hall–Kier alpha value is -1.55. The van der Waals surface area contributed by atoms with Crippen LogP contribution in [0.1, 0.15) is 45.6 Å². The summed E-state index contributed by atoms with van der Waals surface area (Å²) in [5, 5.41) is 2.82. The van der Waals surface area contributed by atoms with E-state index in [4.69, 9.17) is 4.74 Å². The van der Waals surface area contributed by atoms with Gasteiger partial charge in [-0.15, -0.1) is 0 Å². The van der Waals surface area contributed by atoms with Crippen molar-refractivity contribution in [1.82, 2.24) is 10.2 Å². The number of benzene rings is 1. The van der Waals surface area contributed by atoms with Crippen molar-refractivity contribution >= 4 is 6.09 Å². The molecule has 0 radical (unpaired) electrons. The van der Waals surface area contributed by atoms with Crippen molar-refractivity contribution in [2.45, 2.75) is 52.1 Å². The molecule has 0 unspecified atom stereocenters. The molecule has 1 fully saturated rings. The van der Waals surface area contributed by atoms with E-state index in [1.54, 1.807) is 0 Å². The number of carbonyl (C=O) groups excluding carboxylic acids is 1. The molecule has 1 aromatic carbocycles. The minimum atomic E-state index is -0.306. The van der Waals surface area contributed by atoms with Gasteiger partial charge in [0.2, 0.25) is 0 Å². The molecule has 0 bridgehead atoms. The molecule has 1 aliphatic rings. The first-order chi connectivity index (χ1) is 10.9. The summed E-state index contributed by atoms with van der Waals surface area (Å²) < 4.78 is 5.28. The van der Waals surface area contributed by atoms with Gasteiger partial charge < -0.3 is 10.1 Å². The third-order valence-corrected chi connectivity index (χ3v) is 4.19. The second-order valence-electron chi connectivity index (χ2n) is 7.50. The summed E-state index contributed by atoms with van der Waals surface area (Å²) in [6, 6.07) is 10.6. The van der Waals surface area contributed by atoms with Gasteiger partial charge >= 0.3 is 6.09 Å². The zero-order valence-electron chi connectivity index (χ0n) is 14.7. The van der Waals surface area contributed by atoms with Crippen LogP contribution in [-0.2, 0) is 11.3 Å². The minimum Gasteiger partial charge on any atom is -0.450 e. The van der Waals surface area contributed by atoms with Gasteiger partial charge in [-0.25, -0.2) is 4.79 Å². The summed E-state index contributed by atoms with van der Waals surface area (Å²) >= 11 is 0. The Labute approximate surface area is 140 Å². The summed E-state index contributed by atoms with van der Waals surface area (Å²) in [5.41, 5.74) is 1.15. The lowest BCUT2D eigenvalue weighted by Gasteiger charge is -2.32. The van der Waals surface area contributed by atoms with E-state index in [0.29, 0.717) is 12.5 Å². The molecule has 0 atom stereocenters. The number of carbonyl (C=O) groups is 1. The van der Waals surface area contributed by atoms with Crippen molar-refractivity contribution in [3.8, 4) is 0 Å². The molecule has 128 valence electrons. The highest BCUT2D eigenvalue weighted by Crippen LogP contribution is 2.21. The van der Waals surface area contributed by atoms with Crippen LogP contribution in [0.15, 0.2) is 30.3 Å². The fourth-order valence-corrected chi connectivity index (χ4v) is 2.94. The number of rotatable bonds is 5. The molecule has 1 amide bonds. The maximum Gasteiger partial charge on any atom is 0.407 e. The van der Waals surface area contributed by atoms with Crippen molar-refractivity contribution < 1.29 is 9.53 Å². The number of piperidine rings is 1. The van der Waals surface area contributed by atoms with Gasteiger partial charge in [0.1, 0.15) is 0 Å². The summed E-state index contributed by atoms with van der Waals surface area (Å²) in [7, 11) is 0. The van der Waals surface area contributed by atoms with Crippen molar-refractivity contribution in [3.05, 3.63) is 35.9 Å². The van der Waals surface area contributed by atoms with E-state index in [0.717, 1.165) is 26.1 Å². The van der Waals surface area contributed by atoms with Gasteiger partial charge in [-0.05, 0) is 64.6 Å². The Morgan fingerprint density at radius 3 is 2.48 bits per heavy atom. The van der Waals surface area contributed by atoms with Gasteiger partial charge in [0.15, 0.2) is 0 Å². The maximum absolute atomic E-state index is 11.6. The molecule has 23 heavy (non-hydrogen) atoms. The third kappa shape index (κ3) is 7.04. The molecule has 4 nitrogen and oxygen atoms in total. The highest BCUT2D eigenvalue weighted by Gasteiger charge is 2.20. The van der Waals surface area contributed by atoms with Gasteiger partial charge in [0, 0.05) is 12.1 Å². The number of hydrogen-bond donors (Lipinski definition) is 1. The van der Waals surface area contributed by atoms with E-state index in [1.165, 1.54) is 18.4 Å². The predicted octanol–water partition coefficient (Wildman–Crippen LogP) is 3.81. The molecule has 1 heterocycles. The molecule has 4 heteroatoms. The Morgan fingerprint density at radius 1 is 1.22 bits per heavy atom. The molecule has 0 aliphatic carbocycles. The number of nitrogens with zero attached hydrogens (tertiary/aromatic N) is 1. The highest BCUT2D eigenvalue weighted by atomic mass is 16.5. The van der Waals surface area contributed by atoms with Crippen LogP contribution >= 0.6 is 0 Å². The lowest BCUT2D eigenvalue weighted by atomic mass is 9.93. The fourth-order valence-electron chi connectivity index (χ4n) is 2.94. The van der Waals surface area contributed by atoms with Crippen LogP contribution < -0.4 is 5.32 Å². The average molecular weight is 318 g/mol. The van der Waals surface area contributed by atoms with Crippen LogP contribution in [0, 0.1) is 5.92 Å². The summed E-state index contributed by atoms with van der Waals surface area (Å²) in [4.78, 5) is 14.1. The van der Waals surface area contributed by atoms with Crippen LogP contribution in [0.25, 0.3) is 0 Å². The van der Waals surface area contributed by atoms with Crippen molar-refractivity contribution in [2.75, 3.05) is 19.7 Å². The molecule has 0 saturated carbocycles. The lowest BCUT2D eigenvalue weighted by molar-refractivity contribution is 0.116. The average Bonchev–Trinajstić information content (AvgIpc) is 2.48. The van der Waals surface area contributed by atoms with E-state index < -0.39 is 0 Å². The standard InChI is InChI=1S/C19H30N2O2/c1-19(2,3)20-18(22)23-14-11-16-9-12-21(13-10-16)15-17-7-5-4-6-8-17/h4-8,16H,9-15H2,1-3H3,(H,20,22). The summed E-state index contributed by atoms with van der Waals surface area (Å²) in [6.45, 7) is 9.69. The van der Waals surface area contributed by atoms with Gasteiger partial charge in [-0.3, -0.25) is 4.90 Å². The number of alkyl carbamates (subject to hydrolysis) is 1. The topological polar surface area (TPSA) is 41.6 Å². The van der Waals surface area contributed by atoms with Crippen LogP contribution in [0.3, 0.4) is 0 Å². The predicted molar refractivity (Wildman–Crippen MR) is 93.3 cm³/mol. The molecule has 1 saturated heterocycles. The normalized spacial score (nSPS) is 17.0. The van der Waals surface area contributed by atoms with E-state index in [9.17, 15) is 4.79 Å². The number of nitrogens with one attached hydrogen (secondary N) is 1. The number of hydrogen-bond acceptors (Lipinski definition) is 3. The fraction of sp³-hybridized carbons (Fsp3) is 0.632. The van der Waals surface area contributed by atoms with Crippen LogP contribution in [0.5, 0.6) is 0 Å². The van der Waals surface area contributed by atoms with E-state index >= 15 is 0 Å². The Morgan fingerprint density at radius 2 is 1.87 bits per heavy atom. The van der Waals surface area contributed by atoms with Crippen molar-refractivity contribution in [2.24, 2.45) is 5.92 Å². The molecule has 0 spiro atoms. The first-order valence-electron chi connectivity index (χ1n) is 8.63. The molecule has 0 aromatic heterocycles. The van der Waals surface area contributed by atoms with Crippen LogP contribution in [0.4, 0.5) is 4.79 Å². The molecular formula is C19H30N2O2. The molecule has 1 aliphatic heterocycles. The quantitative estimate of drug-likeness (QED) is 0.897. The van der Waals surface area contributed by atoms with Gasteiger partial charge in [0.25, 0.3) is 0 Å². The van der Waals surface area contributed by atoms with Crippen LogP contribution in [0.2, 0.25) is 0 Å². The van der Waals surface area contributed by atoms with Gasteiger partial charge in [-0.1, -0.05) is 30.3 Å². The van der Waals surface area contributed by atoms with Crippen LogP contribution in [-0.4, -0.2) is 36.2 Å². The van der Waals surface area contributed by atoms with Crippen molar-refractivity contribution in [1.29, 1.82) is 0 Å². The van der Waals surface area contributed by atoms with Gasteiger partial charge in [-0.2, -0.15) is 0 Å². The van der Waals surface area contributed by atoms with E-state index in [-0.39, 0.29) is 11.6 Å². The Balaban J connectivity index is 1.61. The molecule has 2 rings (SSSR count). The lowest BCUT2D eigenvalue weighted by Crippen LogP contribution is -2.41. The highest BCUT2D eigenvalue weighted by molar-refractivity contribution is 5.67. The Kier molecular flexibility index (Phi) is 6.46. The van der Waals surface area contributed by atoms with Gasteiger partial charge in [0.05, 0.1) is 6.61 Å². The zero-order chi connectivity index (χ0) is 16.7. The third-order valence-electron chi connectivity index (χ3n) is 4.19. The van der Waals surface area contributed by atoms with Crippen molar-refractivity contribution in [3.63, 3.8) is 0 Å². The maximum atomic E-state index is 11.6. The van der Waals surface area contributed by atoms with E-state index in [1.807, 2.05) is 20.8 Å². The first-order valence-corrected chi connectivity index (χ1v) is 8.63. The number of likely N-dealkylation sites (tertiary alicyclic amines) is 1. The Bertz CT molecular complexity index is 474. The number of amides is 1. The van der Waals surface area contributed by atoms with E-state index in [2.05, 4.69) is 40.5 Å². The molecule has 1 aromatic rings. The monoisotopic (exact) mass is 318 g/mol. The zero-order valence-corrected chi connectivity index (χ0v) is 14.7. The second-order valence-corrected chi connectivity index (χ2v) is 7.50. The minimum absolute atomic E-state index is 0.236. The largest absolute Gasteiger partial charge is 0.450 e. The first kappa shape index (κ1) is 17.8. The smallest absolute Gasteiger partial charge is 0.407 e. The number of ether oxygens (including phenoxy) is 1.